The van der Waals surface area contributed by atoms with Gasteiger partial charge in [0, 0.05) is 44.1 Å². The van der Waals surface area contributed by atoms with Gasteiger partial charge < -0.3 is 0 Å². The van der Waals surface area contributed by atoms with Crippen molar-refractivity contribution in [2.45, 2.75) is 0 Å². The Morgan fingerprint density at radius 3 is 1.83 bits per heavy atom. The van der Waals surface area contributed by atoms with Crippen LogP contribution in [-0.2, 0) is 0 Å². The highest BCUT2D eigenvalue weighted by molar-refractivity contribution is 6.31. The van der Waals surface area contributed by atoms with Gasteiger partial charge in [0.1, 0.15) is 5.65 Å². The van der Waals surface area contributed by atoms with E-state index in [1.54, 1.807) is 0 Å². The average molecular weight is 482 g/mol. The molecule has 7 rings (SSSR count). The first-order valence-corrected chi connectivity index (χ1v) is 12.3. The molecule has 0 saturated heterocycles. The molecule has 0 aliphatic heterocycles. The highest BCUT2D eigenvalue weighted by atomic mass is 35.5. The molecule has 0 aliphatic carbocycles. The summed E-state index contributed by atoms with van der Waals surface area (Å²) in [5, 5.41) is 3.83. The Bertz CT molecular complexity index is 1880. The summed E-state index contributed by atoms with van der Waals surface area (Å²) in [7, 11) is 0. The standard InChI is InChI=1S/C32H20ClN3/c33-24-16-17-25-27(20-24)34-29(21-10-4-1-5-11-21)26-18-19-36-31(23-14-8-3-9-15-23)30(35-32(36)28(25)26)22-12-6-2-7-13-22/h1-20H. The summed E-state index contributed by atoms with van der Waals surface area (Å²) < 4.78 is 2.21. The van der Waals surface area contributed by atoms with Crippen LogP contribution in [0.3, 0.4) is 0 Å². The normalized spacial score (nSPS) is 11.5. The van der Waals surface area contributed by atoms with Crippen LogP contribution in [0.25, 0.3) is 61.1 Å². The highest BCUT2D eigenvalue weighted by Crippen LogP contribution is 2.39. The Morgan fingerprint density at radius 2 is 1.17 bits per heavy atom. The van der Waals surface area contributed by atoms with Crippen LogP contribution in [-0.4, -0.2) is 14.4 Å². The molecule has 4 heteroatoms. The number of pyridine rings is 2. The second-order valence-corrected chi connectivity index (χ2v) is 9.26. The molecule has 0 radical (unpaired) electrons. The molecule has 0 saturated carbocycles. The number of hydrogen-bond donors (Lipinski definition) is 0. The van der Waals surface area contributed by atoms with E-state index < -0.39 is 0 Å². The minimum atomic E-state index is 0.665. The molecule has 3 aromatic heterocycles. The topological polar surface area (TPSA) is 30.2 Å². The predicted molar refractivity (Wildman–Crippen MR) is 149 cm³/mol. The number of imidazole rings is 1. The van der Waals surface area contributed by atoms with Crippen LogP contribution >= 0.6 is 11.6 Å². The van der Waals surface area contributed by atoms with Crippen molar-refractivity contribution in [2.24, 2.45) is 0 Å². The van der Waals surface area contributed by atoms with E-state index in [-0.39, 0.29) is 0 Å². The van der Waals surface area contributed by atoms with Gasteiger partial charge in [-0.1, -0.05) is 109 Å². The third kappa shape index (κ3) is 3.29. The van der Waals surface area contributed by atoms with Crippen molar-refractivity contribution in [3.05, 3.63) is 126 Å². The van der Waals surface area contributed by atoms with Crippen molar-refractivity contribution in [3.63, 3.8) is 0 Å². The number of halogens is 1. The van der Waals surface area contributed by atoms with E-state index in [2.05, 4.69) is 83.4 Å². The van der Waals surface area contributed by atoms with Crippen molar-refractivity contribution in [3.8, 4) is 33.8 Å². The fraction of sp³-hybridized carbons (Fsp3) is 0. The molecule has 0 aliphatic rings. The maximum Gasteiger partial charge on any atom is 0.146 e. The third-order valence-corrected chi connectivity index (χ3v) is 6.89. The summed E-state index contributed by atoms with van der Waals surface area (Å²) in [4.78, 5) is 10.4. The summed E-state index contributed by atoms with van der Waals surface area (Å²) in [5.41, 5.74) is 7.96. The van der Waals surface area contributed by atoms with Crippen molar-refractivity contribution in [1.82, 2.24) is 14.4 Å². The second kappa shape index (κ2) is 8.33. The first kappa shape index (κ1) is 20.9. The molecule has 3 heterocycles. The highest BCUT2D eigenvalue weighted by Gasteiger charge is 2.20. The number of fused-ring (bicyclic) bond motifs is 5. The van der Waals surface area contributed by atoms with E-state index in [0.29, 0.717) is 5.02 Å². The number of benzene rings is 4. The fourth-order valence-corrected chi connectivity index (χ4v) is 5.21. The van der Waals surface area contributed by atoms with Gasteiger partial charge in [0.25, 0.3) is 0 Å². The molecule has 3 nitrogen and oxygen atoms in total. The number of aromatic nitrogens is 3. The summed E-state index contributed by atoms with van der Waals surface area (Å²) in [6.45, 7) is 0. The summed E-state index contributed by atoms with van der Waals surface area (Å²) in [6.07, 6.45) is 2.12. The molecule has 170 valence electrons. The predicted octanol–water partition coefficient (Wildman–Crippen LogP) is 8.69. The van der Waals surface area contributed by atoms with Gasteiger partial charge in [0.2, 0.25) is 0 Å². The van der Waals surface area contributed by atoms with E-state index in [0.717, 1.165) is 61.1 Å². The van der Waals surface area contributed by atoms with E-state index in [4.69, 9.17) is 21.6 Å². The first-order chi connectivity index (χ1) is 17.8. The fourth-order valence-electron chi connectivity index (χ4n) is 5.04. The molecule has 0 spiro atoms. The van der Waals surface area contributed by atoms with Crippen molar-refractivity contribution < 1.29 is 0 Å². The van der Waals surface area contributed by atoms with E-state index >= 15 is 0 Å². The molecule has 0 N–H and O–H groups in total. The zero-order valence-electron chi connectivity index (χ0n) is 19.3. The number of rotatable bonds is 3. The lowest BCUT2D eigenvalue weighted by Gasteiger charge is -2.12. The van der Waals surface area contributed by atoms with E-state index in [1.165, 1.54) is 0 Å². The maximum absolute atomic E-state index is 6.42. The van der Waals surface area contributed by atoms with Crippen molar-refractivity contribution >= 4 is 38.9 Å². The van der Waals surface area contributed by atoms with Crippen LogP contribution in [0.4, 0.5) is 0 Å². The Morgan fingerprint density at radius 1 is 0.556 bits per heavy atom. The van der Waals surface area contributed by atoms with Gasteiger partial charge in [-0.3, -0.25) is 4.40 Å². The Kier molecular flexibility index (Phi) is 4.83. The molecule has 0 bridgehead atoms. The molecule has 0 amide bonds. The quantitative estimate of drug-likeness (QED) is 0.236. The SMILES string of the molecule is Clc1ccc2c(c1)nc(-c1ccccc1)c1ccn3c(-c4ccccc4)c(-c4ccccc4)nc3c12. The molecule has 0 fully saturated rings. The first-order valence-electron chi connectivity index (χ1n) is 11.9. The summed E-state index contributed by atoms with van der Waals surface area (Å²) >= 11 is 6.42. The van der Waals surface area contributed by atoms with Crippen LogP contribution in [0.2, 0.25) is 5.02 Å². The van der Waals surface area contributed by atoms with E-state index in [9.17, 15) is 0 Å². The minimum Gasteiger partial charge on any atom is -0.298 e. The van der Waals surface area contributed by atoms with Crippen LogP contribution in [0.5, 0.6) is 0 Å². The van der Waals surface area contributed by atoms with Gasteiger partial charge in [-0.05, 0) is 18.2 Å². The lowest BCUT2D eigenvalue weighted by molar-refractivity contribution is 1.21. The van der Waals surface area contributed by atoms with Crippen LogP contribution in [0.15, 0.2) is 121 Å². The van der Waals surface area contributed by atoms with Gasteiger partial charge in [0.15, 0.2) is 0 Å². The maximum atomic E-state index is 6.42. The zero-order chi connectivity index (χ0) is 24.1. The Labute approximate surface area is 213 Å². The number of hydrogen-bond acceptors (Lipinski definition) is 2. The van der Waals surface area contributed by atoms with Crippen LogP contribution in [0.1, 0.15) is 0 Å². The minimum absolute atomic E-state index is 0.665. The zero-order valence-corrected chi connectivity index (χ0v) is 20.0. The molecular formula is C32H20ClN3. The summed E-state index contributed by atoms with van der Waals surface area (Å²) in [5.74, 6) is 0. The van der Waals surface area contributed by atoms with Gasteiger partial charge in [-0.25, -0.2) is 9.97 Å². The molecular weight excluding hydrogens is 462 g/mol. The second-order valence-electron chi connectivity index (χ2n) is 8.83. The smallest absolute Gasteiger partial charge is 0.146 e. The van der Waals surface area contributed by atoms with Gasteiger partial charge in [-0.2, -0.15) is 0 Å². The Balaban J connectivity index is 1.68. The molecule has 7 aromatic rings. The molecule has 0 unspecified atom stereocenters. The van der Waals surface area contributed by atoms with Crippen LogP contribution in [0, 0.1) is 0 Å². The van der Waals surface area contributed by atoms with Gasteiger partial charge >= 0.3 is 0 Å². The van der Waals surface area contributed by atoms with Gasteiger partial charge in [-0.15, -0.1) is 0 Å². The van der Waals surface area contributed by atoms with Crippen molar-refractivity contribution in [1.29, 1.82) is 0 Å². The third-order valence-electron chi connectivity index (χ3n) is 6.65. The summed E-state index contributed by atoms with van der Waals surface area (Å²) in [6, 6.07) is 39.2. The largest absolute Gasteiger partial charge is 0.298 e. The lowest BCUT2D eigenvalue weighted by Crippen LogP contribution is -1.95. The van der Waals surface area contributed by atoms with Crippen LogP contribution < -0.4 is 0 Å². The molecule has 36 heavy (non-hydrogen) atoms. The molecule has 0 atom stereocenters. The van der Waals surface area contributed by atoms with E-state index in [1.807, 2.05) is 42.5 Å². The Hall–Kier alpha value is -4.47. The lowest BCUT2D eigenvalue weighted by atomic mass is 10.0. The van der Waals surface area contributed by atoms with Gasteiger partial charge in [0.05, 0.1) is 22.6 Å². The monoisotopic (exact) mass is 481 g/mol. The number of nitrogens with zero attached hydrogens (tertiary/aromatic N) is 3. The van der Waals surface area contributed by atoms with Crippen molar-refractivity contribution in [2.75, 3.05) is 0 Å². The molecule has 4 aromatic carbocycles. The average Bonchev–Trinajstić information content (AvgIpc) is 3.33.